The summed E-state index contributed by atoms with van der Waals surface area (Å²) in [6, 6.07) is 15.2. The first-order valence-electron chi connectivity index (χ1n) is 8.41. The van der Waals surface area contributed by atoms with Gasteiger partial charge in [-0.1, -0.05) is 23.4 Å². The van der Waals surface area contributed by atoms with Crippen molar-refractivity contribution < 1.29 is 9.15 Å². The highest BCUT2D eigenvalue weighted by atomic mass is 35.5. The average Bonchev–Trinajstić information content (AvgIpc) is 3.33. The van der Waals surface area contributed by atoms with Crippen LogP contribution in [0.1, 0.15) is 11.8 Å². The quantitative estimate of drug-likeness (QED) is 0.428. The van der Waals surface area contributed by atoms with E-state index in [9.17, 15) is 0 Å². The second-order valence-electron chi connectivity index (χ2n) is 5.85. The number of aryl methyl sites for hydroxylation is 1. The Morgan fingerprint density at radius 1 is 1.00 bits per heavy atom. The van der Waals surface area contributed by atoms with Gasteiger partial charge in [-0.3, -0.25) is 4.57 Å². The summed E-state index contributed by atoms with van der Waals surface area (Å²) in [5.41, 5.74) is 1.83. The Morgan fingerprint density at radius 2 is 1.75 bits per heavy atom. The Kier molecular flexibility index (Phi) is 5.31. The lowest BCUT2D eigenvalue weighted by Gasteiger charge is -2.11. The Labute approximate surface area is 170 Å². The number of hydrogen-bond donors (Lipinski definition) is 0. The molecule has 0 fully saturated rings. The highest BCUT2D eigenvalue weighted by molar-refractivity contribution is 7.98. The van der Waals surface area contributed by atoms with Crippen LogP contribution in [0.25, 0.3) is 17.1 Å². The van der Waals surface area contributed by atoms with Crippen LogP contribution in [-0.2, 0) is 5.75 Å². The Bertz CT molecular complexity index is 1080. The summed E-state index contributed by atoms with van der Waals surface area (Å²) >= 11 is 7.50. The third-order valence-electron chi connectivity index (χ3n) is 3.96. The number of aromatic nitrogens is 5. The van der Waals surface area contributed by atoms with Gasteiger partial charge in [0, 0.05) is 23.2 Å². The van der Waals surface area contributed by atoms with E-state index in [0.717, 1.165) is 17.0 Å². The van der Waals surface area contributed by atoms with Gasteiger partial charge in [-0.25, -0.2) is 0 Å². The lowest BCUT2D eigenvalue weighted by molar-refractivity contribution is 0.414. The highest BCUT2D eigenvalue weighted by Gasteiger charge is 2.17. The highest BCUT2D eigenvalue weighted by Crippen LogP contribution is 2.30. The van der Waals surface area contributed by atoms with Crippen molar-refractivity contribution in [1.82, 2.24) is 25.0 Å². The zero-order chi connectivity index (χ0) is 19.5. The summed E-state index contributed by atoms with van der Waals surface area (Å²) < 4.78 is 12.7. The molecule has 4 rings (SSSR count). The van der Waals surface area contributed by atoms with Gasteiger partial charge in [0.2, 0.25) is 11.8 Å². The van der Waals surface area contributed by atoms with Crippen LogP contribution in [-0.4, -0.2) is 32.1 Å². The van der Waals surface area contributed by atoms with Gasteiger partial charge < -0.3 is 9.15 Å². The van der Waals surface area contributed by atoms with Gasteiger partial charge in [-0.05, 0) is 48.5 Å². The molecule has 0 atom stereocenters. The van der Waals surface area contributed by atoms with Crippen molar-refractivity contribution in [3.63, 3.8) is 0 Å². The Morgan fingerprint density at radius 3 is 2.39 bits per heavy atom. The predicted octanol–water partition coefficient (Wildman–Crippen LogP) is 4.58. The molecule has 0 aliphatic heterocycles. The lowest BCUT2D eigenvalue weighted by atomic mass is 10.2. The molecule has 0 aliphatic carbocycles. The van der Waals surface area contributed by atoms with Crippen molar-refractivity contribution in [2.45, 2.75) is 17.8 Å². The number of thioether (sulfide) groups is 1. The molecule has 0 spiro atoms. The lowest BCUT2D eigenvalue weighted by Crippen LogP contribution is -2.00. The standard InChI is InChI=1S/C19H16ClN5O2S/c1-12-21-22-17(27-12)11-28-19-24-23-18(13-3-5-14(20)6-4-13)25(19)15-7-9-16(26-2)10-8-15/h3-10H,11H2,1-2H3. The van der Waals surface area contributed by atoms with Crippen LogP contribution in [0.3, 0.4) is 0 Å². The molecule has 0 saturated carbocycles. The van der Waals surface area contributed by atoms with Crippen molar-refractivity contribution in [2.24, 2.45) is 0 Å². The SMILES string of the molecule is COc1ccc(-n2c(SCc3nnc(C)o3)nnc2-c2ccc(Cl)cc2)cc1. The fraction of sp³-hybridized carbons (Fsp3) is 0.158. The molecule has 0 aliphatic rings. The van der Waals surface area contributed by atoms with Gasteiger partial charge in [0.05, 0.1) is 12.9 Å². The maximum atomic E-state index is 6.03. The van der Waals surface area contributed by atoms with Gasteiger partial charge in [-0.2, -0.15) is 0 Å². The molecule has 2 aromatic heterocycles. The largest absolute Gasteiger partial charge is 0.497 e. The number of rotatable bonds is 6. The van der Waals surface area contributed by atoms with Crippen molar-refractivity contribution in [1.29, 1.82) is 0 Å². The van der Waals surface area contributed by atoms with Crippen LogP contribution in [0.4, 0.5) is 0 Å². The summed E-state index contributed by atoms with van der Waals surface area (Å²) in [7, 11) is 1.64. The van der Waals surface area contributed by atoms with E-state index < -0.39 is 0 Å². The van der Waals surface area contributed by atoms with Crippen molar-refractivity contribution in [2.75, 3.05) is 7.11 Å². The van der Waals surface area contributed by atoms with Crippen molar-refractivity contribution in [3.05, 3.63) is 65.3 Å². The molecule has 142 valence electrons. The molecule has 4 aromatic rings. The predicted molar refractivity (Wildman–Crippen MR) is 107 cm³/mol. The number of halogens is 1. The molecule has 9 heteroatoms. The topological polar surface area (TPSA) is 78.9 Å². The van der Waals surface area contributed by atoms with Crippen LogP contribution in [0, 0.1) is 6.92 Å². The monoisotopic (exact) mass is 413 g/mol. The summed E-state index contributed by atoms with van der Waals surface area (Å²) in [4.78, 5) is 0. The van der Waals surface area contributed by atoms with Gasteiger partial charge in [-0.15, -0.1) is 20.4 Å². The molecular formula is C19H16ClN5O2S. The average molecular weight is 414 g/mol. The zero-order valence-corrected chi connectivity index (χ0v) is 16.7. The van der Waals surface area contributed by atoms with E-state index in [4.69, 9.17) is 20.8 Å². The van der Waals surface area contributed by atoms with E-state index >= 15 is 0 Å². The molecule has 0 bridgehead atoms. The third kappa shape index (κ3) is 3.88. The fourth-order valence-corrected chi connectivity index (χ4v) is 3.55. The number of ether oxygens (including phenoxy) is 1. The minimum absolute atomic E-state index is 0.496. The number of methoxy groups -OCH3 is 1. The third-order valence-corrected chi connectivity index (χ3v) is 5.12. The molecule has 2 aromatic carbocycles. The molecule has 28 heavy (non-hydrogen) atoms. The Hall–Kier alpha value is -2.84. The van der Waals surface area contributed by atoms with Gasteiger partial charge in [0.25, 0.3) is 0 Å². The van der Waals surface area contributed by atoms with E-state index in [-0.39, 0.29) is 0 Å². The minimum atomic E-state index is 0.496. The minimum Gasteiger partial charge on any atom is -0.497 e. The second kappa shape index (κ2) is 8.04. The number of nitrogens with zero attached hydrogens (tertiary/aromatic N) is 5. The molecule has 0 saturated heterocycles. The molecule has 0 amide bonds. The normalized spacial score (nSPS) is 11.0. The van der Waals surface area contributed by atoms with Gasteiger partial charge in [0.1, 0.15) is 5.75 Å². The fourth-order valence-electron chi connectivity index (χ4n) is 2.64. The van der Waals surface area contributed by atoms with Crippen LogP contribution < -0.4 is 4.74 Å². The summed E-state index contributed by atoms with van der Waals surface area (Å²) in [6.45, 7) is 1.76. The van der Waals surface area contributed by atoms with Gasteiger partial charge in [0.15, 0.2) is 11.0 Å². The van der Waals surface area contributed by atoms with E-state index in [1.54, 1.807) is 14.0 Å². The molecule has 0 unspecified atom stereocenters. The van der Waals surface area contributed by atoms with Crippen LogP contribution in [0.5, 0.6) is 5.75 Å². The summed E-state index contributed by atoms with van der Waals surface area (Å²) in [6.07, 6.45) is 0. The Balaban J connectivity index is 1.73. The van der Waals surface area contributed by atoms with Crippen LogP contribution in [0.2, 0.25) is 5.02 Å². The first-order chi connectivity index (χ1) is 13.6. The van der Waals surface area contributed by atoms with E-state index in [1.165, 1.54) is 11.8 Å². The second-order valence-corrected chi connectivity index (χ2v) is 7.23. The molecule has 7 nitrogen and oxygen atoms in total. The number of benzene rings is 2. The first kappa shape index (κ1) is 18.5. The zero-order valence-electron chi connectivity index (χ0n) is 15.2. The first-order valence-corrected chi connectivity index (χ1v) is 9.78. The summed E-state index contributed by atoms with van der Waals surface area (Å²) in [5, 5.41) is 18.1. The van der Waals surface area contributed by atoms with Crippen LogP contribution in [0.15, 0.2) is 58.1 Å². The van der Waals surface area contributed by atoms with E-state index in [2.05, 4.69) is 20.4 Å². The molecule has 0 N–H and O–H groups in total. The maximum Gasteiger partial charge on any atom is 0.226 e. The van der Waals surface area contributed by atoms with Gasteiger partial charge >= 0.3 is 0 Å². The van der Waals surface area contributed by atoms with Crippen molar-refractivity contribution >= 4 is 23.4 Å². The van der Waals surface area contributed by atoms with Crippen molar-refractivity contribution in [3.8, 4) is 22.8 Å². The smallest absolute Gasteiger partial charge is 0.226 e. The molecule has 2 heterocycles. The maximum absolute atomic E-state index is 6.03. The molecule has 0 radical (unpaired) electrons. The van der Waals surface area contributed by atoms with E-state index in [0.29, 0.717) is 33.5 Å². The number of hydrogen-bond acceptors (Lipinski definition) is 7. The summed E-state index contributed by atoms with van der Waals surface area (Å²) in [5.74, 6) is 3.07. The molecular weight excluding hydrogens is 398 g/mol. The van der Waals surface area contributed by atoms with E-state index in [1.807, 2.05) is 53.1 Å². The van der Waals surface area contributed by atoms with Crippen LogP contribution >= 0.6 is 23.4 Å².